The highest BCUT2D eigenvalue weighted by Crippen LogP contribution is 2.26. The maximum Gasteiger partial charge on any atom is 0.140 e. The minimum absolute atomic E-state index is 0.336. The molecule has 2 aromatic rings. The first-order chi connectivity index (χ1) is 9.60. The van der Waals surface area contributed by atoms with Crippen LogP contribution in [0.15, 0.2) is 24.3 Å². The van der Waals surface area contributed by atoms with Gasteiger partial charge in [0, 0.05) is 4.88 Å². The maximum absolute atomic E-state index is 8.87. The number of nitriles is 1. The van der Waals surface area contributed by atoms with Gasteiger partial charge in [-0.25, -0.2) is 4.98 Å². The minimum atomic E-state index is 0.336. The fourth-order valence-corrected chi connectivity index (χ4v) is 2.97. The molecule has 0 aliphatic rings. The van der Waals surface area contributed by atoms with Gasteiger partial charge in [0.25, 0.3) is 0 Å². The molecule has 1 aromatic carbocycles. The number of benzene rings is 1. The molecule has 0 atom stereocenters. The summed E-state index contributed by atoms with van der Waals surface area (Å²) in [5, 5.41) is 9.80. The first-order valence-corrected chi connectivity index (χ1v) is 7.46. The maximum atomic E-state index is 8.87. The lowest BCUT2D eigenvalue weighted by atomic mass is 10.1. The van der Waals surface area contributed by atoms with Crippen molar-refractivity contribution >= 4 is 11.3 Å². The summed E-state index contributed by atoms with van der Waals surface area (Å²) in [6.45, 7) is 6.70. The molecule has 0 amide bonds. The molecule has 20 heavy (non-hydrogen) atoms. The zero-order valence-electron chi connectivity index (χ0n) is 12.0. The molecule has 0 saturated carbocycles. The Morgan fingerprint density at radius 3 is 2.60 bits per heavy atom. The lowest BCUT2D eigenvalue weighted by Crippen LogP contribution is -1.96. The third-order valence-electron chi connectivity index (χ3n) is 2.94. The van der Waals surface area contributed by atoms with E-state index in [1.807, 2.05) is 31.2 Å². The van der Waals surface area contributed by atoms with Crippen LogP contribution in [0.1, 0.15) is 40.9 Å². The molecule has 3 nitrogen and oxygen atoms in total. The molecule has 104 valence electrons. The number of hydrogen-bond acceptors (Lipinski definition) is 4. The molecule has 0 unspecified atom stereocenters. The molecule has 0 radical (unpaired) electrons. The predicted molar refractivity (Wildman–Crippen MR) is 81.0 cm³/mol. The summed E-state index contributed by atoms with van der Waals surface area (Å²) in [6, 6.07) is 10.2. The van der Waals surface area contributed by atoms with Crippen LogP contribution in [0, 0.1) is 18.3 Å². The standard InChI is InChI=1S/C16H18N2OS/c1-11(2)16-14(8-9-17)20-15(18-16)10-19-13-6-4-12(3)5-7-13/h4-7,11H,8,10H2,1-3H3. The number of aromatic nitrogens is 1. The molecule has 0 N–H and O–H groups in total. The van der Waals surface area contributed by atoms with E-state index in [0.717, 1.165) is 21.3 Å². The van der Waals surface area contributed by atoms with E-state index >= 15 is 0 Å². The Morgan fingerprint density at radius 1 is 1.30 bits per heavy atom. The second kappa shape index (κ2) is 6.53. The molecule has 4 heteroatoms. The van der Waals surface area contributed by atoms with Crippen molar-refractivity contribution in [3.8, 4) is 11.8 Å². The van der Waals surface area contributed by atoms with Gasteiger partial charge in [-0.15, -0.1) is 11.3 Å². The van der Waals surface area contributed by atoms with Gasteiger partial charge >= 0.3 is 0 Å². The van der Waals surface area contributed by atoms with Gasteiger partial charge in [0.2, 0.25) is 0 Å². The van der Waals surface area contributed by atoms with E-state index in [0.29, 0.717) is 18.9 Å². The topological polar surface area (TPSA) is 45.9 Å². The van der Waals surface area contributed by atoms with E-state index in [4.69, 9.17) is 10.00 Å². The SMILES string of the molecule is Cc1ccc(OCc2nc(C(C)C)c(CC#N)s2)cc1. The molecule has 1 heterocycles. The van der Waals surface area contributed by atoms with E-state index in [-0.39, 0.29) is 0 Å². The summed E-state index contributed by atoms with van der Waals surface area (Å²) in [4.78, 5) is 5.66. The molecule has 0 saturated heterocycles. The molecule has 1 aromatic heterocycles. The van der Waals surface area contributed by atoms with Crippen LogP contribution in [0.4, 0.5) is 0 Å². The van der Waals surface area contributed by atoms with Crippen LogP contribution < -0.4 is 4.74 Å². The Morgan fingerprint density at radius 2 is 2.00 bits per heavy atom. The number of ether oxygens (including phenoxy) is 1. The van der Waals surface area contributed by atoms with E-state index < -0.39 is 0 Å². The lowest BCUT2D eigenvalue weighted by molar-refractivity contribution is 0.305. The summed E-state index contributed by atoms with van der Waals surface area (Å²) in [7, 11) is 0. The fourth-order valence-electron chi connectivity index (χ4n) is 1.90. The highest BCUT2D eigenvalue weighted by atomic mass is 32.1. The minimum Gasteiger partial charge on any atom is -0.486 e. The van der Waals surface area contributed by atoms with Gasteiger partial charge in [0.05, 0.1) is 18.2 Å². The third-order valence-corrected chi connectivity index (χ3v) is 3.99. The Bertz CT molecular complexity index is 608. The van der Waals surface area contributed by atoms with Crippen LogP contribution in [0.2, 0.25) is 0 Å². The quantitative estimate of drug-likeness (QED) is 0.826. The van der Waals surface area contributed by atoms with Crippen molar-refractivity contribution in [2.75, 3.05) is 0 Å². The van der Waals surface area contributed by atoms with E-state index in [1.54, 1.807) is 11.3 Å². The summed E-state index contributed by atoms with van der Waals surface area (Å²) in [5.41, 5.74) is 2.24. The van der Waals surface area contributed by atoms with E-state index in [9.17, 15) is 0 Å². The molecular formula is C16H18N2OS. The van der Waals surface area contributed by atoms with Crippen molar-refractivity contribution in [2.45, 2.75) is 39.7 Å². The van der Waals surface area contributed by atoms with Crippen LogP contribution in [-0.4, -0.2) is 4.98 Å². The fraction of sp³-hybridized carbons (Fsp3) is 0.375. The molecule has 0 aliphatic heterocycles. The number of rotatable bonds is 5. The molecule has 0 spiro atoms. The van der Waals surface area contributed by atoms with Crippen molar-refractivity contribution in [1.29, 1.82) is 5.26 Å². The number of thiazole rings is 1. The Kier molecular flexibility index (Phi) is 4.75. The Balaban J connectivity index is 2.08. The normalized spacial score (nSPS) is 10.6. The van der Waals surface area contributed by atoms with Crippen molar-refractivity contribution < 1.29 is 4.74 Å². The van der Waals surface area contributed by atoms with Gasteiger partial charge < -0.3 is 4.74 Å². The van der Waals surface area contributed by atoms with Gasteiger partial charge in [-0.1, -0.05) is 31.5 Å². The number of aryl methyl sites for hydroxylation is 1. The van der Waals surface area contributed by atoms with Crippen LogP contribution in [0.3, 0.4) is 0 Å². The summed E-state index contributed by atoms with van der Waals surface area (Å²) in [6.07, 6.45) is 0.426. The highest BCUT2D eigenvalue weighted by Gasteiger charge is 2.14. The number of nitrogens with zero attached hydrogens (tertiary/aromatic N) is 2. The van der Waals surface area contributed by atoms with Crippen LogP contribution in [-0.2, 0) is 13.0 Å². The van der Waals surface area contributed by atoms with Gasteiger partial charge in [-0.3, -0.25) is 0 Å². The summed E-state index contributed by atoms with van der Waals surface area (Å²) >= 11 is 1.58. The Labute approximate surface area is 123 Å². The first kappa shape index (κ1) is 14.5. The molecule has 0 aliphatic carbocycles. The average Bonchev–Trinajstić information content (AvgIpc) is 2.82. The van der Waals surface area contributed by atoms with Gasteiger partial charge in [-0.2, -0.15) is 5.26 Å². The van der Waals surface area contributed by atoms with Crippen molar-refractivity contribution in [3.63, 3.8) is 0 Å². The predicted octanol–water partition coefficient (Wildman–Crippen LogP) is 4.22. The Hall–Kier alpha value is -1.86. The van der Waals surface area contributed by atoms with E-state index in [1.165, 1.54) is 5.56 Å². The van der Waals surface area contributed by atoms with Crippen molar-refractivity contribution in [2.24, 2.45) is 0 Å². The molecule has 2 rings (SSSR count). The van der Waals surface area contributed by atoms with Gasteiger partial charge in [0.15, 0.2) is 0 Å². The zero-order chi connectivity index (χ0) is 14.5. The molecule has 0 fully saturated rings. The number of hydrogen-bond donors (Lipinski definition) is 0. The van der Waals surface area contributed by atoms with E-state index in [2.05, 4.69) is 24.9 Å². The van der Waals surface area contributed by atoms with Gasteiger partial charge in [0.1, 0.15) is 17.4 Å². The monoisotopic (exact) mass is 286 g/mol. The highest BCUT2D eigenvalue weighted by molar-refractivity contribution is 7.11. The molecular weight excluding hydrogens is 268 g/mol. The zero-order valence-corrected chi connectivity index (χ0v) is 12.8. The van der Waals surface area contributed by atoms with Crippen molar-refractivity contribution in [3.05, 3.63) is 45.4 Å². The lowest BCUT2D eigenvalue weighted by Gasteiger charge is -2.04. The first-order valence-electron chi connectivity index (χ1n) is 6.65. The summed E-state index contributed by atoms with van der Waals surface area (Å²) in [5.74, 6) is 1.18. The average molecular weight is 286 g/mol. The molecule has 0 bridgehead atoms. The smallest absolute Gasteiger partial charge is 0.140 e. The van der Waals surface area contributed by atoms with Crippen LogP contribution >= 0.6 is 11.3 Å². The van der Waals surface area contributed by atoms with Crippen molar-refractivity contribution in [1.82, 2.24) is 4.98 Å². The largest absolute Gasteiger partial charge is 0.486 e. The van der Waals surface area contributed by atoms with Gasteiger partial charge in [-0.05, 0) is 25.0 Å². The van der Waals surface area contributed by atoms with Crippen LogP contribution in [0.5, 0.6) is 5.75 Å². The summed E-state index contributed by atoms with van der Waals surface area (Å²) < 4.78 is 5.74. The van der Waals surface area contributed by atoms with Crippen LogP contribution in [0.25, 0.3) is 0 Å². The third kappa shape index (κ3) is 3.58. The second-order valence-corrected chi connectivity index (χ2v) is 6.18. The second-order valence-electron chi connectivity index (χ2n) is 5.01.